The quantitative estimate of drug-likeness (QED) is 0.201. The summed E-state index contributed by atoms with van der Waals surface area (Å²) in [6.45, 7) is 4.00. The third-order valence-corrected chi connectivity index (χ3v) is 8.72. The largest absolute Gasteiger partial charge is 0.289 e. The molecule has 0 unspecified atom stereocenters. The first kappa shape index (κ1) is 24.2. The van der Waals surface area contributed by atoms with Gasteiger partial charge in [-0.2, -0.15) is 0 Å². The molecular weight excluding hydrogens is 468 g/mol. The van der Waals surface area contributed by atoms with Gasteiger partial charge in [-0.05, 0) is 57.9 Å². The lowest BCUT2D eigenvalue weighted by Crippen LogP contribution is -2.07. The molecule has 0 saturated heterocycles. The van der Waals surface area contributed by atoms with Crippen LogP contribution < -0.4 is 0 Å². The van der Waals surface area contributed by atoms with Crippen molar-refractivity contribution in [3.8, 4) is 0 Å². The lowest BCUT2D eigenvalue weighted by Gasteiger charge is -2.33. The number of rotatable bonds is 4. The molecule has 5 aromatic rings. The summed E-state index contributed by atoms with van der Waals surface area (Å²) in [6.07, 6.45) is 0. The first-order valence-electron chi connectivity index (χ1n) is 10.7. The maximum Gasteiger partial charge on any atom is 0.174 e. The molecule has 0 amide bonds. The molecule has 0 radical (unpaired) electrons. The van der Waals surface area contributed by atoms with Crippen molar-refractivity contribution < 1.29 is 18.2 Å². The molecular formula is C26H26N2O4S2. The third-order valence-electron chi connectivity index (χ3n) is 5.30. The van der Waals surface area contributed by atoms with Crippen LogP contribution >= 0.6 is 21.2 Å². The Hall–Kier alpha value is -2.98. The summed E-state index contributed by atoms with van der Waals surface area (Å²) < 4.78 is 43.5. The van der Waals surface area contributed by atoms with Gasteiger partial charge < -0.3 is 0 Å². The molecule has 1 aromatic heterocycles. The lowest BCUT2D eigenvalue weighted by atomic mass is 10.1. The number of nitrogens with zero attached hydrogens (tertiary/aromatic N) is 2. The smallest absolute Gasteiger partial charge is 0.174 e. The number of hydrogen-bond acceptors (Lipinski definition) is 6. The van der Waals surface area contributed by atoms with E-state index in [2.05, 4.69) is 10.2 Å². The van der Waals surface area contributed by atoms with Gasteiger partial charge in [-0.25, -0.2) is 0 Å². The van der Waals surface area contributed by atoms with Crippen molar-refractivity contribution in [3.63, 3.8) is 0 Å². The van der Waals surface area contributed by atoms with Gasteiger partial charge in [0.2, 0.25) is 0 Å². The summed E-state index contributed by atoms with van der Waals surface area (Å²) in [5, 5.41) is 11.5. The van der Waals surface area contributed by atoms with Gasteiger partial charge in [-0.15, -0.1) is 31.4 Å². The molecule has 5 rings (SSSR count). The summed E-state index contributed by atoms with van der Waals surface area (Å²) in [6, 6.07) is 28.4. The lowest BCUT2D eigenvalue weighted by molar-refractivity contribution is 0.471. The van der Waals surface area contributed by atoms with Crippen LogP contribution in [-0.2, 0) is 0 Å². The Morgan fingerprint density at radius 2 is 0.824 bits per heavy atom. The number of aromatic nitrogens is 2. The van der Waals surface area contributed by atoms with E-state index in [9.17, 15) is 18.2 Å². The average Bonchev–Trinajstić information content (AvgIpc) is 2.89. The second-order valence-corrected chi connectivity index (χ2v) is 11.3. The molecule has 6 nitrogen and oxygen atoms in total. The number of benzene rings is 4. The second-order valence-electron chi connectivity index (χ2n) is 7.33. The second kappa shape index (κ2) is 9.71. The molecule has 176 valence electrons. The number of fused-ring (bicyclic) bond motifs is 2. The molecule has 1 heterocycles. The molecule has 4 aromatic carbocycles. The van der Waals surface area contributed by atoms with Crippen LogP contribution in [0, 0.1) is 0 Å². The molecule has 0 aliphatic carbocycles. The molecule has 0 spiro atoms. The SMILES string of the molecule is CC.OS(O)(c1ccc2ccccc2c1)c1ccc(S(O)(O)c2ccc3ccccc3c2)nn1. The van der Waals surface area contributed by atoms with Crippen molar-refractivity contribution in [3.05, 3.63) is 97.1 Å². The van der Waals surface area contributed by atoms with Crippen molar-refractivity contribution in [2.45, 2.75) is 33.7 Å². The summed E-state index contributed by atoms with van der Waals surface area (Å²) >= 11 is 0. The van der Waals surface area contributed by atoms with Gasteiger partial charge in [0.25, 0.3) is 0 Å². The van der Waals surface area contributed by atoms with E-state index < -0.39 is 21.2 Å². The first-order chi connectivity index (χ1) is 16.4. The van der Waals surface area contributed by atoms with Gasteiger partial charge >= 0.3 is 0 Å². The highest BCUT2D eigenvalue weighted by Gasteiger charge is 2.25. The fourth-order valence-corrected chi connectivity index (χ4v) is 5.95. The summed E-state index contributed by atoms with van der Waals surface area (Å²) in [7, 11) is -6.83. The van der Waals surface area contributed by atoms with Crippen LogP contribution in [0.25, 0.3) is 21.5 Å². The minimum atomic E-state index is -3.41. The monoisotopic (exact) mass is 494 g/mol. The van der Waals surface area contributed by atoms with Crippen molar-refractivity contribution in [2.75, 3.05) is 0 Å². The van der Waals surface area contributed by atoms with E-state index in [0.717, 1.165) is 21.5 Å². The van der Waals surface area contributed by atoms with Crippen LogP contribution in [0.15, 0.2) is 117 Å². The van der Waals surface area contributed by atoms with E-state index in [1.807, 2.05) is 74.5 Å². The van der Waals surface area contributed by atoms with Gasteiger partial charge in [0.05, 0.1) is 9.79 Å². The predicted molar refractivity (Wildman–Crippen MR) is 140 cm³/mol. The summed E-state index contributed by atoms with van der Waals surface area (Å²) in [4.78, 5) is 0.638. The van der Waals surface area contributed by atoms with Gasteiger partial charge in [0.15, 0.2) is 10.1 Å². The Labute approximate surface area is 201 Å². The molecule has 4 N–H and O–H groups in total. The maximum atomic E-state index is 10.9. The highest BCUT2D eigenvalue weighted by molar-refractivity contribution is 8.24. The third kappa shape index (κ3) is 4.52. The van der Waals surface area contributed by atoms with Crippen molar-refractivity contribution in [1.82, 2.24) is 10.2 Å². The average molecular weight is 495 g/mol. The molecule has 0 aliphatic rings. The van der Waals surface area contributed by atoms with E-state index in [4.69, 9.17) is 0 Å². The van der Waals surface area contributed by atoms with E-state index in [-0.39, 0.29) is 10.1 Å². The zero-order chi connectivity index (χ0) is 24.3. The minimum Gasteiger partial charge on any atom is -0.289 e. The molecule has 0 bridgehead atoms. The first-order valence-corrected chi connectivity index (χ1v) is 13.8. The van der Waals surface area contributed by atoms with Crippen LogP contribution in [0.2, 0.25) is 0 Å². The molecule has 0 fully saturated rings. The minimum absolute atomic E-state index is 0.0368. The number of hydrogen-bond donors (Lipinski definition) is 4. The van der Waals surface area contributed by atoms with E-state index in [1.165, 1.54) is 12.1 Å². The Morgan fingerprint density at radius 1 is 0.471 bits per heavy atom. The Kier molecular flexibility index (Phi) is 6.90. The van der Waals surface area contributed by atoms with Crippen LogP contribution in [0.1, 0.15) is 13.8 Å². The zero-order valence-electron chi connectivity index (χ0n) is 18.7. The van der Waals surface area contributed by atoms with Crippen molar-refractivity contribution in [2.24, 2.45) is 0 Å². The van der Waals surface area contributed by atoms with E-state index in [1.54, 1.807) is 24.3 Å². The highest BCUT2D eigenvalue weighted by atomic mass is 32.3. The summed E-state index contributed by atoms with van der Waals surface area (Å²) in [5.74, 6) is 0. The zero-order valence-corrected chi connectivity index (χ0v) is 20.4. The maximum absolute atomic E-state index is 10.9. The van der Waals surface area contributed by atoms with E-state index >= 15 is 0 Å². The van der Waals surface area contributed by atoms with Crippen LogP contribution in [0.4, 0.5) is 0 Å². The Bertz CT molecular complexity index is 1330. The summed E-state index contributed by atoms with van der Waals surface area (Å²) in [5.41, 5.74) is 0. The normalized spacial score (nSPS) is 12.8. The van der Waals surface area contributed by atoms with Gasteiger partial charge in [-0.1, -0.05) is 74.5 Å². The van der Waals surface area contributed by atoms with Crippen LogP contribution in [-0.4, -0.2) is 28.4 Å². The fraction of sp³-hybridized carbons (Fsp3) is 0.0769. The molecule has 8 heteroatoms. The van der Waals surface area contributed by atoms with Crippen molar-refractivity contribution in [1.29, 1.82) is 0 Å². The molecule has 0 saturated carbocycles. The fourth-order valence-electron chi connectivity index (χ4n) is 3.54. The van der Waals surface area contributed by atoms with E-state index in [0.29, 0.717) is 9.79 Å². The van der Waals surface area contributed by atoms with Gasteiger partial charge in [0.1, 0.15) is 0 Å². The Morgan fingerprint density at radius 3 is 1.18 bits per heavy atom. The molecule has 34 heavy (non-hydrogen) atoms. The topological polar surface area (TPSA) is 107 Å². The molecule has 0 atom stereocenters. The standard InChI is InChI=1S/C24H20N2O4S2.C2H6/c27-31(28,21-11-9-17-5-1-3-7-19(17)15-21)23-13-14-24(26-25-23)32(29,30)22-12-10-18-6-2-4-8-20(18)16-22;1-2/h1-16,27-30H;1-2H3. The van der Waals surface area contributed by atoms with Crippen LogP contribution in [0.5, 0.6) is 0 Å². The molecule has 0 aliphatic heterocycles. The van der Waals surface area contributed by atoms with Crippen LogP contribution in [0.3, 0.4) is 0 Å². The Balaban J connectivity index is 0.00000133. The highest BCUT2D eigenvalue weighted by Crippen LogP contribution is 2.57. The van der Waals surface area contributed by atoms with Crippen molar-refractivity contribution >= 4 is 42.7 Å². The van der Waals surface area contributed by atoms with Gasteiger partial charge in [0, 0.05) is 0 Å². The predicted octanol–water partition coefficient (Wildman–Crippen LogP) is 8.15. The van der Waals surface area contributed by atoms with Gasteiger partial charge in [-0.3, -0.25) is 18.2 Å².